The van der Waals surface area contributed by atoms with Gasteiger partial charge in [-0.25, -0.2) is 0 Å². The fourth-order valence-electron chi connectivity index (χ4n) is 2.79. The van der Waals surface area contributed by atoms with Crippen LogP contribution in [0.15, 0.2) is 30.3 Å². The minimum Gasteiger partial charge on any atom is -0.369 e. The van der Waals surface area contributed by atoms with Crippen LogP contribution in [0.1, 0.15) is 23.3 Å². The summed E-state index contributed by atoms with van der Waals surface area (Å²) in [4.78, 5) is 25.5. The lowest BCUT2D eigenvalue weighted by molar-refractivity contribution is -0.123. The Bertz CT molecular complexity index is 743. The summed E-state index contributed by atoms with van der Waals surface area (Å²) in [5, 5.41) is 7.55. The summed E-state index contributed by atoms with van der Waals surface area (Å²) in [7, 11) is 0. The SMILES string of the molecule is NC(=O)[C@H]1CCCN(C(=O)c2cc(-c3cccc(Cl)c3)n[nH]2)C1. The van der Waals surface area contributed by atoms with E-state index in [1.165, 1.54) is 0 Å². The molecule has 6 nitrogen and oxygen atoms in total. The van der Waals surface area contributed by atoms with Crippen molar-refractivity contribution in [2.24, 2.45) is 11.7 Å². The van der Waals surface area contributed by atoms with Crippen LogP contribution in [0, 0.1) is 5.92 Å². The molecule has 2 heterocycles. The molecular weight excluding hydrogens is 316 g/mol. The molecule has 1 saturated heterocycles. The Kier molecular flexibility index (Phi) is 4.34. The molecule has 1 fully saturated rings. The van der Waals surface area contributed by atoms with E-state index in [1.807, 2.05) is 12.1 Å². The van der Waals surface area contributed by atoms with Crippen molar-refractivity contribution in [3.63, 3.8) is 0 Å². The van der Waals surface area contributed by atoms with Gasteiger partial charge in [-0.1, -0.05) is 23.7 Å². The van der Waals surface area contributed by atoms with Gasteiger partial charge in [-0.3, -0.25) is 14.7 Å². The topological polar surface area (TPSA) is 92.1 Å². The van der Waals surface area contributed by atoms with Crippen LogP contribution in [0.3, 0.4) is 0 Å². The molecule has 0 saturated carbocycles. The first kappa shape index (κ1) is 15.6. The second-order valence-electron chi connectivity index (χ2n) is 5.67. The minimum absolute atomic E-state index is 0.170. The quantitative estimate of drug-likeness (QED) is 0.901. The molecule has 0 unspecified atom stereocenters. The first-order valence-corrected chi connectivity index (χ1v) is 7.82. The number of carbonyl (C=O) groups is 2. The molecule has 1 atom stereocenters. The van der Waals surface area contributed by atoms with Gasteiger partial charge in [-0.15, -0.1) is 0 Å². The average molecular weight is 333 g/mol. The molecule has 0 radical (unpaired) electrons. The maximum absolute atomic E-state index is 12.6. The van der Waals surface area contributed by atoms with Crippen molar-refractivity contribution in [1.29, 1.82) is 0 Å². The van der Waals surface area contributed by atoms with E-state index in [1.54, 1.807) is 23.1 Å². The van der Waals surface area contributed by atoms with Crippen molar-refractivity contribution in [3.05, 3.63) is 41.0 Å². The molecule has 3 rings (SSSR count). The van der Waals surface area contributed by atoms with E-state index in [4.69, 9.17) is 17.3 Å². The van der Waals surface area contributed by atoms with Crippen LogP contribution in [0.25, 0.3) is 11.3 Å². The molecule has 120 valence electrons. The predicted octanol–water partition coefficient (Wildman–Crippen LogP) is 2.07. The van der Waals surface area contributed by atoms with E-state index >= 15 is 0 Å². The van der Waals surface area contributed by atoms with E-state index < -0.39 is 0 Å². The van der Waals surface area contributed by atoms with Gasteiger partial charge in [0.2, 0.25) is 5.91 Å². The molecule has 1 aliphatic rings. The van der Waals surface area contributed by atoms with Crippen molar-refractivity contribution in [2.75, 3.05) is 13.1 Å². The number of H-pyrrole nitrogens is 1. The van der Waals surface area contributed by atoms with Gasteiger partial charge in [-0.05, 0) is 31.0 Å². The van der Waals surface area contributed by atoms with Crippen LogP contribution in [0.5, 0.6) is 0 Å². The summed E-state index contributed by atoms with van der Waals surface area (Å²) in [5.41, 5.74) is 7.23. The third-order valence-electron chi connectivity index (χ3n) is 4.04. The van der Waals surface area contributed by atoms with Crippen LogP contribution in [-0.4, -0.2) is 40.0 Å². The fraction of sp³-hybridized carbons (Fsp3) is 0.312. The van der Waals surface area contributed by atoms with E-state index in [0.717, 1.165) is 18.4 Å². The zero-order valence-corrected chi connectivity index (χ0v) is 13.2. The largest absolute Gasteiger partial charge is 0.369 e. The van der Waals surface area contributed by atoms with Gasteiger partial charge < -0.3 is 10.6 Å². The Morgan fingerprint density at radius 3 is 2.91 bits per heavy atom. The van der Waals surface area contributed by atoms with E-state index in [0.29, 0.717) is 29.5 Å². The van der Waals surface area contributed by atoms with Crippen LogP contribution >= 0.6 is 11.6 Å². The number of benzene rings is 1. The summed E-state index contributed by atoms with van der Waals surface area (Å²) in [5.74, 6) is -0.800. The summed E-state index contributed by atoms with van der Waals surface area (Å²) in [6, 6.07) is 8.97. The summed E-state index contributed by atoms with van der Waals surface area (Å²) in [6.45, 7) is 0.980. The normalized spacial score (nSPS) is 18.0. The van der Waals surface area contributed by atoms with Crippen molar-refractivity contribution in [3.8, 4) is 11.3 Å². The third-order valence-corrected chi connectivity index (χ3v) is 4.27. The maximum Gasteiger partial charge on any atom is 0.271 e. The molecule has 1 aliphatic heterocycles. The second kappa shape index (κ2) is 6.42. The van der Waals surface area contributed by atoms with Crippen LogP contribution in [0.2, 0.25) is 5.02 Å². The molecule has 0 bridgehead atoms. The van der Waals surface area contributed by atoms with Gasteiger partial charge in [0.05, 0.1) is 11.6 Å². The summed E-state index contributed by atoms with van der Waals surface area (Å²) >= 11 is 5.97. The predicted molar refractivity (Wildman–Crippen MR) is 86.9 cm³/mol. The Hall–Kier alpha value is -2.34. The van der Waals surface area contributed by atoms with E-state index in [9.17, 15) is 9.59 Å². The lowest BCUT2D eigenvalue weighted by atomic mass is 9.97. The number of carbonyl (C=O) groups excluding carboxylic acids is 2. The molecular formula is C16H17ClN4O2. The number of hydrogen-bond donors (Lipinski definition) is 2. The Morgan fingerprint density at radius 1 is 1.35 bits per heavy atom. The van der Waals surface area contributed by atoms with Crippen molar-refractivity contribution in [1.82, 2.24) is 15.1 Å². The number of halogens is 1. The molecule has 23 heavy (non-hydrogen) atoms. The molecule has 7 heteroatoms. The Balaban J connectivity index is 1.77. The van der Waals surface area contributed by atoms with Crippen molar-refractivity contribution >= 4 is 23.4 Å². The zero-order chi connectivity index (χ0) is 16.4. The van der Waals surface area contributed by atoms with Gasteiger partial charge >= 0.3 is 0 Å². The number of aromatic nitrogens is 2. The number of nitrogens with one attached hydrogen (secondary N) is 1. The molecule has 1 aromatic carbocycles. The smallest absolute Gasteiger partial charge is 0.271 e. The number of nitrogens with zero attached hydrogens (tertiary/aromatic N) is 2. The van der Waals surface area contributed by atoms with Crippen LogP contribution in [0.4, 0.5) is 0 Å². The first-order chi connectivity index (χ1) is 11.0. The van der Waals surface area contributed by atoms with Crippen LogP contribution in [-0.2, 0) is 4.79 Å². The number of likely N-dealkylation sites (tertiary alicyclic amines) is 1. The zero-order valence-electron chi connectivity index (χ0n) is 12.5. The van der Waals surface area contributed by atoms with Gasteiger partial charge in [-0.2, -0.15) is 5.10 Å². The van der Waals surface area contributed by atoms with E-state index in [2.05, 4.69) is 10.2 Å². The van der Waals surface area contributed by atoms with Crippen molar-refractivity contribution < 1.29 is 9.59 Å². The lowest BCUT2D eigenvalue weighted by Gasteiger charge is -2.30. The number of primary amides is 1. The first-order valence-electron chi connectivity index (χ1n) is 7.44. The number of nitrogens with two attached hydrogens (primary N) is 1. The molecule has 0 spiro atoms. The van der Waals surface area contributed by atoms with Gasteiger partial charge in [0.15, 0.2) is 0 Å². The third kappa shape index (κ3) is 3.37. The van der Waals surface area contributed by atoms with Gasteiger partial charge in [0.25, 0.3) is 5.91 Å². The highest BCUT2D eigenvalue weighted by Gasteiger charge is 2.28. The fourth-order valence-corrected chi connectivity index (χ4v) is 2.98. The number of hydrogen-bond acceptors (Lipinski definition) is 3. The second-order valence-corrected chi connectivity index (χ2v) is 6.11. The Morgan fingerprint density at radius 2 is 2.17 bits per heavy atom. The molecule has 2 aromatic rings. The Labute approximate surface area is 138 Å². The number of amides is 2. The van der Waals surface area contributed by atoms with Crippen molar-refractivity contribution in [2.45, 2.75) is 12.8 Å². The standard InChI is InChI=1S/C16H17ClN4O2/c17-12-5-1-3-10(7-12)13-8-14(20-19-13)16(23)21-6-2-4-11(9-21)15(18)22/h1,3,5,7-8,11H,2,4,6,9H2,(H2,18,22)(H,19,20)/t11-/m0/s1. The number of aromatic amines is 1. The lowest BCUT2D eigenvalue weighted by Crippen LogP contribution is -2.44. The highest BCUT2D eigenvalue weighted by molar-refractivity contribution is 6.30. The van der Waals surface area contributed by atoms with E-state index in [-0.39, 0.29) is 17.7 Å². The number of rotatable bonds is 3. The monoisotopic (exact) mass is 332 g/mol. The molecule has 3 N–H and O–H groups in total. The minimum atomic E-state index is -0.355. The van der Waals surface area contributed by atoms with Gasteiger partial charge in [0, 0.05) is 23.7 Å². The summed E-state index contributed by atoms with van der Waals surface area (Å²) < 4.78 is 0. The molecule has 2 amide bonds. The van der Waals surface area contributed by atoms with Crippen LogP contribution < -0.4 is 5.73 Å². The summed E-state index contributed by atoms with van der Waals surface area (Å²) in [6.07, 6.45) is 1.50. The highest BCUT2D eigenvalue weighted by atomic mass is 35.5. The maximum atomic E-state index is 12.6. The molecule has 0 aliphatic carbocycles. The number of piperidine rings is 1. The average Bonchev–Trinajstić information content (AvgIpc) is 3.04. The van der Waals surface area contributed by atoms with Gasteiger partial charge in [0.1, 0.15) is 5.69 Å². The highest BCUT2D eigenvalue weighted by Crippen LogP contribution is 2.23. The molecule has 1 aromatic heterocycles.